The van der Waals surface area contributed by atoms with Crippen LogP contribution in [0.5, 0.6) is 5.88 Å². The van der Waals surface area contributed by atoms with Gasteiger partial charge < -0.3 is 24.8 Å². The zero-order valence-corrected chi connectivity index (χ0v) is 19.0. The Morgan fingerprint density at radius 3 is 2.79 bits per heavy atom. The Bertz CT molecular complexity index is 1280. The standard InChI is InChI=1S/C22H26FN9O2/c1-4-16(33)25-14-10-31(8-13(14)23)21-27-18(26-15-9-30(2)29-20(15)34-3)17-19(28-21)32(11-24-17)22-5-12(6-22)7-22/h4,9,11-14H,1,5-8,10H2,2-3H3,(H,25,33)(H,26,27,28). The van der Waals surface area contributed by atoms with E-state index in [9.17, 15) is 9.18 Å². The van der Waals surface area contributed by atoms with Gasteiger partial charge in [-0.2, -0.15) is 9.97 Å². The molecule has 12 heteroatoms. The van der Waals surface area contributed by atoms with Crippen LogP contribution in [-0.2, 0) is 17.4 Å². The molecule has 3 aliphatic carbocycles. The molecular weight excluding hydrogens is 441 g/mol. The van der Waals surface area contributed by atoms with Crippen molar-refractivity contribution in [2.75, 3.05) is 30.4 Å². The van der Waals surface area contributed by atoms with Gasteiger partial charge in [0.25, 0.3) is 5.88 Å². The highest BCUT2D eigenvalue weighted by atomic mass is 19.1. The van der Waals surface area contributed by atoms with Crippen LogP contribution in [0.3, 0.4) is 0 Å². The van der Waals surface area contributed by atoms with Gasteiger partial charge in [-0.3, -0.25) is 9.48 Å². The molecule has 4 heterocycles. The number of nitrogens with zero attached hydrogens (tertiary/aromatic N) is 7. The van der Waals surface area contributed by atoms with Crippen molar-refractivity contribution in [3.8, 4) is 5.88 Å². The summed E-state index contributed by atoms with van der Waals surface area (Å²) in [6, 6.07) is -0.665. The number of hydrogen-bond donors (Lipinski definition) is 2. The number of nitrogens with one attached hydrogen (secondary N) is 2. The highest BCUT2D eigenvalue weighted by Gasteiger charge is 2.58. The lowest BCUT2D eigenvalue weighted by atomic mass is 9.50. The van der Waals surface area contributed by atoms with Crippen molar-refractivity contribution < 1.29 is 13.9 Å². The molecule has 4 aliphatic rings. The molecule has 3 saturated carbocycles. The Kier molecular flexibility index (Phi) is 4.55. The molecule has 34 heavy (non-hydrogen) atoms. The number of imidazole rings is 1. The molecule has 3 aromatic heterocycles. The van der Waals surface area contributed by atoms with Gasteiger partial charge in [-0.25, -0.2) is 9.37 Å². The van der Waals surface area contributed by atoms with E-state index in [1.807, 2.05) is 6.33 Å². The van der Waals surface area contributed by atoms with Gasteiger partial charge in [0, 0.05) is 19.1 Å². The largest absolute Gasteiger partial charge is 0.478 e. The summed E-state index contributed by atoms with van der Waals surface area (Å²) in [5.41, 5.74) is 2.05. The van der Waals surface area contributed by atoms with Crippen molar-refractivity contribution >= 4 is 34.5 Å². The number of rotatable bonds is 7. The predicted molar refractivity (Wildman–Crippen MR) is 123 cm³/mol. The van der Waals surface area contributed by atoms with Crippen LogP contribution in [0.15, 0.2) is 25.2 Å². The molecule has 2 bridgehead atoms. The maximum absolute atomic E-state index is 14.8. The Morgan fingerprint density at radius 1 is 1.32 bits per heavy atom. The number of methoxy groups -OCH3 is 1. The quantitative estimate of drug-likeness (QED) is 0.504. The van der Waals surface area contributed by atoms with E-state index < -0.39 is 18.1 Å². The SMILES string of the molecule is C=CC(=O)NC1CN(c2nc(Nc3cn(C)nc3OC)c3ncn(C45CC(C4)C5)c3n2)CC1F. The van der Waals surface area contributed by atoms with Crippen molar-refractivity contribution in [1.82, 2.24) is 34.6 Å². The minimum absolute atomic E-state index is 0.0718. The number of ether oxygens (including phenoxy) is 1. The molecule has 4 fully saturated rings. The second-order valence-corrected chi connectivity index (χ2v) is 9.45. The number of halogens is 1. The van der Waals surface area contributed by atoms with Crippen molar-refractivity contribution in [3.63, 3.8) is 0 Å². The van der Waals surface area contributed by atoms with Crippen LogP contribution in [0, 0.1) is 5.92 Å². The Morgan fingerprint density at radius 2 is 2.12 bits per heavy atom. The number of alkyl halides is 1. The Labute approximate surface area is 195 Å². The number of aryl methyl sites for hydroxylation is 1. The van der Waals surface area contributed by atoms with Crippen LogP contribution in [0.2, 0.25) is 0 Å². The number of amides is 1. The summed E-state index contributed by atoms with van der Waals surface area (Å²) in [5, 5.41) is 10.2. The average Bonchev–Trinajstić information content (AvgIpc) is 3.43. The molecule has 1 saturated heterocycles. The highest BCUT2D eigenvalue weighted by Crippen LogP contribution is 2.62. The van der Waals surface area contributed by atoms with Gasteiger partial charge in [0.15, 0.2) is 17.0 Å². The van der Waals surface area contributed by atoms with E-state index in [4.69, 9.17) is 14.7 Å². The number of anilines is 3. The summed E-state index contributed by atoms with van der Waals surface area (Å²) >= 11 is 0. The van der Waals surface area contributed by atoms with E-state index in [0.717, 1.165) is 31.3 Å². The van der Waals surface area contributed by atoms with Crippen molar-refractivity contribution in [1.29, 1.82) is 0 Å². The van der Waals surface area contributed by atoms with Crippen LogP contribution < -0.4 is 20.3 Å². The van der Waals surface area contributed by atoms with Gasteiger partial charge in [0.2, 0.25) is 11.9 Å². The van der Waals surface area contributed by atoms with Crippen LogP contribution in [0.25, 0.3) is 11.2 Å². The van der Waals surface area contributed by atoms with Gasteiger partial charge in [0.1, 0.15) is 11.9 Å². The summed E-state index contributed by atoms with van der Waals surface area (Å²) in [6.45, 7) is 3.77. The second-order valence-electron chi connectivity index (χ2n) is 9.45. The molecule has 3 aromatic rings. The number of carbonyl (C=O) groups is 1. The van der Waals surface area contributed by atoms with Gasteiger partial charge in [-0.1, -0.05) is 6.58 Å². The first-order valence-electron chi connectivity index (χ1n) is 11.3. The third-order valence-electron chi connectivity index (χ3n) is 7.19. The number of aromatic nitrogens is 6. The lowest BCUT2D eigenvalue weighted by molar-refractivity contribution is -0.117. The van der Waals surface area contributed by atoms with Crippen LogP contribution in [0.4, 0.5) is 21.8 Å². The van der Waals surface area contributed by atoms with Gasteiger partial charge in [-0.15, -0.1) is 5.10 Å². The summed E-state index contributed by atoms with van der Waals surface area (Å²) in [4.78, 5) is 27.7. The molecule has 0 spiro atoms. The second kappa shape index (κ2) is 7.40. The van der Waals surface area contributed by atoms with Crippen LogP contribution >= 0.6 is 0 Å². The normalized spacial score (nSPS) is 27.3. The van der Waals surface area contributed by atoms with Crippen molar-refractivity contribution in [2.24, 2.45) is 13.0 Å². The Hall–Kier alpha value is -3.70. The third-order valence-corrected chi connectivity index (χ3v) is 7.19. The molecule has 2 atom stereocenters. The summed E-state index contributed by atoms with van der Waals surface area (Å²) in [5.74, 6) is 1.68. The predicted octanol–water partition coefficient (Wildman–Crippen LogP) is 1.65. The fourth-order valence-electron chi connectivity index (χ4n) is 5.33. The number of fused-ring (bicyclic) bond motifs is 1. The average molecular weight is 468 g/mol. The molecule has 1 amide bonds. The van der Waals surface area contributed by atoms with Gasteiger partial charge in [-0.05, 0) is 31.3 Å². The molecule has 2 N–H and O–H groups in total. The molecule has 178 valence electrons. The minimum Gasteiger partial charge on any atom is -0.478 e. The number of carbonyl (C=O) groups excluding carboxylic acids is 1. The molecule has 7 rings (SSSR count). The third kappa shape index (κ3) is 3.11. The zero-order chi connectivity index (χ0) is 23.6. The summed E-state index contributed by atoms with van der Waals surface area (Å²) < 4.78 is 23.9. The maximum Gasteiger partial charge on any atom is 0.256 e. The van der Waals surface area contributed by atoms with E-state index in [-0.39, 0.29) is 18.6 Å². The zero-order valence-electron chi connectivity index (χ0n) is 19.0. The fraction of sp³-hybridized carbons (Fsp3) is 0.500. The minimum atomic E-state index is -1.25. The molecular formula is C22H26FN9O2. The van der Waals surface area contributed by atoms with Crippen LogP contribution in [0.1, 0.15) is 19.3 Å². The first-order chi connectivity index (χ1) is 16.4. The lowest BCUT2D eigenvalue weighted by Gasteiger charge is -2.62. The maximum atomic E-state index is 14.8. The van der Waals surface area contributed by atoms with Gasteiger partial charge in [0.05, 0.1) is 32.2 Å². The van der Waals surface area contributed by atoms with Gasteiger partial charge >= 0.3 is 0 Å². The first-order valence-corrected chi connectivity index (χ1v) is 11.3. The van der Waals surface area contributed by atoms with Crippen LogP contribution in [-0.4, -0.2) is 67.6 Å². The van der Waals surface area contributed by atoms with E-state index in [1.165, 1.54) is 0 Å². The monoisotopic (exact) mass is 467 g/mol. The smallest absolute Gasteiger partial charge is 0.256 e. The molecule has 0 radical (unpaired) electrons. The molecule has 11 nitrogen and oxygen atoms in total. The summed E-state index contributed by atoms with van der Waals surface area (Å²) in [6.07, 6.45) is 6.90. The first kappa shape index (κ1) is 20.9. The van der Waals surface area contributed by atoms with Crippen molar-refractivity contribution in [3.05, 3.63) is 25.2 Å². The number of hydrogen-bond acceptors (Lipinski definition) is 8. The fourth-order valence-corrected chi connectivity index (χ4v) is 5.33. The Balaban J connectivity index is 1.40. The van der Waals surface area contributed by atoms with E-state index >= 15 is 0 Å². The molecule has 1 aliphatic heterocycles. The highest BCUT2D eigenvalue weighted by molar-refractivity contribution is 5.88. The molecule has 2 unspecified atom stereocenters. The topological polar surface area (TPSA) is 115 Å². The van der Waals surface area contributed by atoms with E-state index in [0.29, 0.717) is 34.5 Å². The van der Waals surface area contributed by atoms with E-state index in [1.54, 1.807) is 29.9 Å². The lowest BCUT2D eigenvalue weighted by Crippen LogP contribution is -2.59. The van der Waals surface area contributed by atoms with E-state index in [2.05, 4.69) is 31.9 Å². The molecule has 0 aromatic carbocycles. The van der Waals surface area contributed by atoms with Crippen molar-refractivity contribution in [2.45, 2.75) is 37.0 Å². The summed E-state index contributed by atoms with van der Waals surface area (Å²) in [7, 11) is 3.35.